The molecule has 0 aromatic carbocycles. The first-order chi connectivity index (χ1) is 14.9. The Morgan fingerprint density at radius 3 is 2.45 bits per heavy atom. The summed E-state index contributed by atoms with van der Waals surface area (Å²) in [6, 6.07) is 3.86. The Balaban J connectivity index is 1.79. The van der Waals surface area contributed by atoms with E-state index in [4.69, 9.17) is 33.0 Å². The molecule has 8 N–H and O–H groups in total. The van der Waals surface area contributed by atoms with Gasteiger partial charge in [-0.3, -0.25) is 5.01 Å². The average Bonchev–Trinajstić information content (AvgIpc) is 3.60. The number of likely N-dealkylation sites (N-methyl/N-ethyl adjacent to an activating group) is 1. The topological polar surface area (TPSA) is 145 Å². The minimum atomic E-state index is 0.275. The summed E-state index contributed by atoms with van der Waals surface area (Å²) in [7, 11) is 1.73. The maximum Gasteiger partial charge on any atom is 0.141 e. The van der Waals surface area contributed by atoms with Gasteiger partial charge in [0.15, 0.2) is 0 Å². The maximum absolute atomic E-state index is 6.50. The molecule has 0 amide bonds. The Bertz CT molecular complexity index is 797. The smallest absolute Gasteiger partial charge is 0.141 e. The number of hydrogen-bond donors (Lipinski definition) is 4. The van der Waals surface area contributed by atoms with E-state index in [1.807, 2.05) is 12.1 Å². The summed E-state index contributed by atoms with van der Waals surface area (Å²) in [6.45, 7) is 2.35. The Hall–Kier alpha value is -2.52. The molecule has 1 heterocycles. The number of hydrazone groups is 1. The molecule has 2 fully saturated rings. The third-order valence-corrected chi connectivity index (χ3v) is 6.09. The van der Waals surface area contributed by atoms with Gasteiger partial charge in [-0.05, 0) is 63.0 Å². The number of nitrogens with two attached hydrogens (primary N) is 4. The highest BCUT2D eigenvalue weighted by Gasteiger charge is 2.26. The van der Waals surface area contributed by atoms with E-state index in [0.717, 1.165) is 37.1 Å². The number of aromatic nitrogens is 1. The fourth-order valence-electron chi connectivity index (χ4n) is 3.97. The number of rotatable bonds is 9. The highest BCUT2D eigenvalue weighted by Crippen LogP contribution is 2.33. The van der Waals surface area contributed by atoms with Crippen LogP contribution in [0.4, 0.5) is 0 Å². The monoisotopic (exact) mass is 430 g/mol. The molecule has 1 aromatic rings. The zero-order chi connectivity index (χ0) is 22.4. The molecule has 0 saturated heterocycles. The maximum atomic E-state index is 6.50. The minimum Gasteiger partial charge on any atom is -0.489 e. The molecule has 0 unspecified atom stereocenters. The Kier molecular flexibility index (Phi) is 7.97. The number of amidine groups is 1. The summed E-state index contributed by atoms with van der Waals surface area (Å²) in [5.41, 5.74) is 9.18. The Labute approximate surface area is 185 Å². The predicted octanol–water partition coefficient (Wildman–Crippen LogP) is 2.04. The van der Waals surface area contributed by atoms with Crippen LogP contribution in [0.1, 0.15) is 69.7 Å². The highest BCUT2D eigenvalue weighted by molar-refractivity contribution is 5.82. The SMILES string of the molecule is CCc1nc(/C(N)=C(\CN(N)/C(CC2CC2)=N\N)N(C)N)ccc1OC1CCCCC1. The van der Waals surface area contributed by atoms with E-state index in [1.54, 1.807) is 7.05 Å². The van der Waals surface area contributed by atoms with Crippen molar-refractivity contribution in [3.05, 3.63) is 29.2 Å². The van der Waals surface area contributed by atoms with Gasteiger partial charge in [0.1, 0.15) is 11.6 Å². The van der Waals surface area contributed by atoms with Crippen LogP contribution in [0.15, 0.2) is 22.9 Å². The van der Waals surface area contributed by atoms with Crippen LogP contribution < -0.4 is 28.0 Å². The van der Waals surface area contributed by atoms with Crippen molar-refractivity contribution in [2.75, 3.05) is 13.6 Å². The molecule has 0 atom stereocenters. The zero-order valence-electron chi connectivity index (χ0n) is 18.9. The van der Waals surface area contributed by atoms with Crippen molar-refractivity contribution in [1.82, 2.24) is 15.0 Å². The summed E-state index contributed by atoms with van der Waals surface area (Å²) in [6.07, 6.45) is 10.1. The van der Waals surface area contributed by atoms with Crippen LogP contribution in [0.5, 0.6) is 5.75 Å². The first kappa shape index (κ1) is 23.1. The third-order valence-electron chi connectivity index (χ3n) is 6.09. The van der Waals surface area contributed by atoms with Crippen molar-refractivity contribution in [2.45, 2.75) is 70.8 Å². The van der Waals surface area contributed by atoms with Crippen LogP contribution in [-0.2, 0) is 6.42 Å². The number of aryl methyl sites for hydroxylation is 1. The summed E-state index contributed by atoms with van der Waals surface area (Å²) < 4.78 is 6.26. The normalized spacial score (nSPS) is 18.5. The van der Waals surface area contributed by atoms with Gasteiger partial charge in [-0.1, -0.05) is 13.3 Å². The third kappa shape index (κ3) is 6.24. The number of hydrogen-bond acceptors (Lipinski definition) is 8. The first-order valence-electron chi connectivity index (χ1n) is 11.4. The van der Waals surface area contributed by atoms with Crippen molar-refractivity contribution in [3.63, 3.8) is 0 Å². The molecule has 3 rings (SSSR count). The van der Waals surface area contributed by atoms with E-state index in [9.17, 15) is 0 Å². The molecule has 0 radical (unpaired) electrons. The summed E-state index contributed by atoms with van der Waals surface area (Å²) >= 11 is 0. The van der Waals surface area contributed by atoms with Crippen molar-refractivity contribution in [1.29, 1.82) is 0 Å². The van der Waals surface area contributed by atoms with Gasteiger partial charge in [0.25, 0.3) is 0 Å². The van der Waals surface area contributed by atoms with Gasteiger partial charge in [0.05, 0.1) is 35.4 Å². The molecule has 2 aliphatic carbocycles. The molecule has 2 saturated carbocycles. The van der Waals surface area contributed by atoms with Gasteiger partial charge in [-0.25, -0.2) is 16.7 Å². The lowest BCUT2D eigenvalue weighted by Gasteiger charge is -2.27. The van der Waals surface area contributed by atoms with Gasteiger partial charge in [-0.2, -0.15) is 5.10 Å². The van der Waals surface area contributed by atoms with Gasteiger partial charge in [0, 0.05) is 13.5 Å². The van der Waals surface area contributed by atoms with Crippen LogP contribution >= 0.6 is 0 Å². The lowest BCUT2D eigenvalue weighted by Crippen LogP contribution is -2.44. The van der Waals surface area contributed by atoms with E-state index in [2.05, 4.69) is 12.0 Å². The zero-order valence-corrected chi connectivity index (χ0v) is 18.9. The molecule has 0 aliphatic heterocycles. The lowest BCUT2D eigenvalue weighted by atomic mass is 9.98. The number of nitrogens with zero attached hydrogens (tertiary/aromatic N) is 4. The number of ether oxygens (including phenoxy) is 1. The standard InChI is InChI=1S/C22H38N8O/c1-3-17-20(31-16-7-5-4-6-8-16)12-11-18(27-17)22(23)19(29(2)25)14-30(26)21(28-24)13-15-9-10-15/h11-12,15-16H,3-10,13-14,23-26H2,1-2H3/b22-19-,28-21-. The van der Waals surface area contributed by atoms with Crippen LogP contribution in [-0.4, -0.2) is 40.5 Å². The van der Waals surface area contributed by atoms with Crippen LogP contribution in [0.25, 0.3) is 5.70 Å². The summed E-state index contributed by atoms with van der Waals surface area (Å²) in [5, 5.41) is 6.86. The second-order valence-electron chi connectivity index (χ2n) is 8.66. The molecule has 31 heavy (non-hydrogen) atoms. The van der Waals surface area contributed by atoms with Crippen molar-refractivity contribution in [3.8, 4) is 5.75 Å². The first-order valence-corrected chi connectivity index (χ1v) is 11.4. The van der Waals surface area contributed by atoms with Crippen molar-refractivity contribution in [2.24, 2.45) is 34.3 Å². The van der Waals surface area contributed by atoms with E-state index in [1.165, 1.54) is 42.1 Å². The predicted molar refractivity (Wildman–Crippen MR) is 124 cm³/mol. The molecule has 1 aromatic heterocycles. The van der Waals surface area contributed by atoms with E-state index >= 15 is 0 Å². The Morgan fingerprint density at radius 2 is 1.87 bits per heavy atom. The van der Waals surface area contributed by atoms with Gasteiger partial charge < -0.3 is 21.3 Å². The molecular weight excluding hydrogens is 392 g/mol. The molecular formula is C22H38N8O. The lowest BCUT2D eigenvalue weighted by molar-refractivity contribution is 0.153. The van der Waals surface area contributed by atoms with E-state index < -0.39 is 0 Å². The summed E-state index contributed by atoms with van der Waals surface area (Å²) in [5.74, 6) is 20.0. The van der Waals surface area contributed by atoms with Crippen LogP contribution in [0.3, 0.4) is 0 Å². The fraction of sp³-hybridized carbons (Fsp3) is 0.636. The van der Waals surface area contributed by atoms with Crippen LogP contribution in [0, 0.1) is 5.92 Å². The second kappa shape index (κ2) is 10.7. The molecule has 9 heteroatoms. The molecule has 2 aliphatic rings. The van der Waals surface area contributed by atoms with Crippen molar-refractivity contribution >= 4 is 11.5 Å². The van der Waals surface area contributed by atoms with Gasteiger partial charge in [0.2, 0.25) is 0 Å². The van der Waals surface area contributed by atoms with Crippen molar-refractivity contribution < 1.29 is 4.74 Å². The Morgan fingerprint density at radius 1 is 1.16 bits per heavy atom. The number of hydrazine groups is 2. The molecule has 9 nitrogen and oxygen atoms in total. The number of pyridine rings is 1. The fourth-order valence-corrected chi connectivity index (χ4v) is 3.97. The average molecular weight is 431 g/mol. The minimum absolute atomic E-state index is 0.275. The summed E-state index contributed by atoms with van der Waals surface area (Å²) in [4.78, 5) is 4.79. The molecule has 0 spiro atoms. The highest BCUT2D eigenvalue weighted by atomic mass is 16.5. The van der Waals surface area contributed by atoms with Gasteiger partial charge in [-0.15, -0.1) is 0 Å². The quantitative estimate of drug-likeness (QED) is 0.201. The van der Waals surface area contributed by atoms with E-state index in [0.29, 0.717) is 28.8 Å². The van der Waals surface area contributed by atoms with Crippen LogP contribution in [0.2, 0.25) is 0 Å². The molecule has 172 valence electrons. The van der Waals surface area contributed by atoms with Gasteiger partial charge >= 0.3 is 0 Å². The van der Waals surface area contributed by atoms with E-state index in [-0.39, 0.29) is 12.6 Å². The largest absolute Gasteiger partial charge is 0.489 e. The second-order valence-corrected chi connectivity index (χ2v) is 8.66. The molecule has 0 bridgehead atoms.